The molecule has 1 N–H and O–H groups in total. The fraction of sp³-hybridized carbons (Fsp3) is 0.727. The molecule has 0 aromatic carbocycles. The average molecular weight is 210 g/mol. The van der Waals surface area contributed by atoms with E-state index in [9.17, 15) is 9.90 Å². The number of hydrogen-bond donors (Lipinski definition) is 1. The van der Waals surface area contributed by atoms with Crippen LogP contribution in [0.25, 0.3) is 0 Å². The minimum Gasteiger partial charge on any atom is -0.391 e. The van der Waals surface area contributed by atoms with E-state index in [2.05, 4.69) is 0 Å². The number of nitrogens with zero attached hydrogens (tertiary/aromatic N) is 2. The maximum absolute atomic E-state index is 11.9. The molecule has 1 aliphatic rings. The maximum atomic E-state index is 11.9. The van der Waals surface area contributed by atoms with Crippen molar-refractivity contribution < 1.29 is 5.11 Å². The molecule has 4 heteroatoms. The van der Waals surface area contributed by atoms with Crippen molar-refractivity contribution in [3.63, 3.8) is 0 Å². The van der Waals surface area contributed by atoms with Crippen LogP contribution in [-0.4, -0.2) is 20.3 Å². The van der Waals surface area contributed by atoms with Gasteiger partial charge < -0.3 is 5.11 Å². The van der Waals surface area contributed by atoms with Crippen molar-refractivity contribution in [3.8, 4) is 0 Å². The van der Waals surface area contributed by atoms with Crippen molar-refractivity contribution >= 4 is 0 Å². The van der Waals surface area contributed by atoms with Crippen LogP contribution in [0.1, 0.15) is 38.6 Å². The van der Waals surface area contributed by atoms with Crippen LogP contribution in [-0.2, 0) is 6.54 Å². The summed E-state index contributed by atoms with van der Waals surface area (Å²) in [5.74, 6) is 0. The first-order valence-corrected chi connectivity index (χ1v) is 5.69. The van der Waals surface area contributed by atoms with Crippen LogP contribution in [0.4, 0.5) is 0 Å². The molecule has 1 aromatic heterocycles. The Balaban J connectivity index is 2.25. The zero-order valence-electron chi connectivity index (χ0n) is 9.09. The van der Waals surface area contributed by atoms with E-state index in [0.29, 0.717) is 0 Å². The van der Waals surface area contributed by atoms with Crippen LogP contribution in [0, 0.1) is 0 Å². The van der Waals surface area contributed by atoms with Crippen LogP contribution >= 0.6 is 0 Å². The molecule has 2 atom stereocenters. The summed E-state index contributed by atoms with van der Waals surface area (Å²) in [7, 11) is 0. The summed E-state index contributed by atoms with van der Waals surface area (Å²) in [4.78, 5) is 11.9. The Morgan fingerprint density at radius 3 is 2.87 bits per heavy atom. The highest BCUT2D eigenvalue weighted by atomic mass is 16.3. The van der Waals surface area contributed by atoms with Gasteiger partial charge in [-0.3, -0.25) is 9.13 Å². The van der Waals surface area contributed by atoms with Crippen LogP contribution in [0.5, 0.6) is 0 Å². The molecule has 4 nitrogen and oxygen atoms in total. The van der Waals surface area contributed by atoms with Crippen molar-refractivity contribution in [2.24, 2.45) is 0 Å². The molecule has 0 spiro atoms. The number of imidazole rings is 1. The first kappa shape index (κ1) is 10.5. The van der Waals surface area contributed by atoms with Crippen LogP contribution in [0.2, 0.25) is 0 Å². The highest BCUT2D eigenvalue weighted by molar-refractivity contribution is 4.90. The number of rotatable bonds is 3. The fourth-order valence-corrected chi connectivity index (χ4v) is 2.34. The number of aliphatic hydroxyl groups is 1. The molecule has 0 radical (unpaired) electrons. The Kier molecular flexibility index (Phi) is 2.95. The fourth-order valence-electron chi connectivity index (χ4n) is 2.34. The Labute approximate surface area is 89.1 Å². The van der Waals surface area contributed by atoms with Crippen LogP contribution in [0.15, 0.2) is 17.2 Å². The molecule has 0 amide bonds. The number of aryl methyl sites for hydroxylation is 1. The van der Waals surface area contributed by atoms with Gasteiger partial charge in [-0.2, -0.15) is 0 Å². The SMILES string of the molecule is CCCn1ccn([C@H]2CCC[C@@H]2O)c1=O. The smallest absolute Gasteiger partial charge is 0.328 e. The molecule has 1 heterocycles. The summed E-state index contributed by atoms with van der Waals surface area (Å²) in [6, 6.07) is -0.00407. The number of aliphatic hydroxyl groups excluding tert-OH is 1. The lowest BCUT2D eigenvalue weighted by molar-refractivity contribution is 0.134. The average Bonchev–Trinajstić information content (AvgIpc) is 2.76. The van der Waals surface area contributed by atoms with Gasteiger partial charge in [-0.25, -0.2) is 4.79 Å². The summed E-state index contributed by atoms with van der Waals surface area (Å²) in [5.41, 5.74) is 0.0165. The van der Waals surface area contributed by atoms with Crippen molar-refractivity contribution in [2.45, 2.75) is 51.3 Å². The lowest BCUT2D eigenvalue weighted by Crippen LogP contribution is -2.30. The van der Waals surface area contributed by atoms with Gasteiger partial charge in [-0.1, -0.05) is 6.92 Å². The molecule has 0 saturated heterocycles. The molecule has 0 aliphatic heterocycles. The van der Waals surface area contributed by atoms with Gasteiger partial charge in [0.25, 0.3) is 0 Å². The summed E-state index contributed by atoms with van der Waals surface area (Å²) in [5, 5.41) is 9.74. The van der Waals surface area contributed by atoms with E-state index in [-0.39, 0.29) is 17.8 Å². The number of aromatic nitrogens is 2. The molecule has 0 bridgehead atoms. The van der Waals surface area contributed by atoms with E-state index < -0.39 is 0 Å². The van der Waals surface area contributed by atoms with Crippen molar-refractivity contribution in [1.29, 1.82) is 0 Å². The molecule has 2 rings (SSSR count). The molecule has 15 heavy (non-hydrogen) atoms. The standard InChI is InChI=1S/C11H18N2O2/c1-2-6-12-7-8-13(11(12)15)9-4-3-5-10(9)14/h7-10,14H,2-6H2,1H3/t9-,10-/m0/s1. The van der Waals surface area contributed by atoms with E-state index in [1.54, 1.807) is 15.3 Å². The highest BCUT2D eigenvalue weighted by Gasteiger charge is 2.27. The van der Waals surface area contributed by atoms with Crippen LogP contribution in [0.3, 0.4) is 0 Å². The second kappa shape index (κ2) is 4.23. The molecule has 84 valence electrons. The van der Waals surface area contributed by atoms with Crippen molar-refractivity contribution in [3.05, 3.63) is 22.9 Å². The van der Waals surface area contributed by atoms with E-state index in [1.807, 2.05) is 13.1 Å². The lowest BCUT2D eigenvalue weighted by Gasteiger charge is -2.14. The Bertz CT molecular complexity index is 380. The minimum absolute atomic E-state index is 0.00407. The normalized spacial score (nSPS) is 26.0. The largest absolute Gasteiger partial charge is 0.391 e. The summed E-state index contributed by atoms with van der Waals surface area (Å²) < 4.78 is 3.40. The molecule has 1 saturated carbocycles. The minimum atomic E-state index is -0.347. The second-order valence-electron chi connectivity index (χ2n) is 4.25. The van der Waals surface area contributed by atoms with Gasteiger partial charge in [0.05, 0.1) is 12.1 Å². The van der Waals surface area contributed by atoms with Gasteiger partial charge in [-0.15, -0.1) is 0 Å². The monoisotopic (exact) mass is 210 g/mol. The van der Waals surface area contributed by atoms with E-state index in [1.165, 1.54) is 0 Å². The molecule has 1 fully saturated rings. The molecule has 1 aromatic rings. The second-order valence-corrected chi connectivity index (χ2v) is 4.25. The van der Waals surface area contributed by atoms with Crippen molar-refractivity contribution in [1.82, 2.24) is 9.13 Å². The highest BCUT2D eigenvalue weighted by Crippen LogP contribution is 2.28. The van der Waals surface area contributed by atoms with Gasteiger partial charge in [0.15, 0.2) is 0 Å². The van der Waals surface area contributed by atoms with Crippen LogP contribution < -0.4 is 5.69 Å². The van der Waals surface area contributed by atoms with Gasteiger partial charge in [0.2, 0.25) is 0 Å². The predicted molar refractivity (Wildman–Crippen MR) is 57.9 cm³/mol. The van der Waals surface area contributed by atoms with E-state index in [4.69, 9.17) is 0 Å². The third-order valence-electron chi connectivity index (χ3n) is 3.14. The molecule has 0 unspecified atom stereocenters. The van der Waals surface area contributed by atoms with Gasteiger partial charge in [0, 0.05) is 18.9 Å². The number of hydrogen-bond acceptors (Lipinski definition) is 2. The van der Waals surface area contributed by atoms with Gasteiger partial charge >= 0.3 is 5.69 Å². The molecular weight excluding hydrogens is 192 g/mol. The summed E-state index contributed by atoms with van der Waals surface area (Å²) >= 11 is 0. The molecular formula is C11H18N2O2. The summed E-state index contributed by atoms with van der Waals surface area (Å²) in [6.45, 7) is 2.81. The zero-order valence-corrected chi connectivity index (χ0v) is 9.09. The lowest BCUT2D eigenvalue weighted by atomic mass is 10.2. The first-order valence-electron chi connectivity index (χ1n) is 5.69. The van der Waals surface area contributed by atoms with Gasteiger partial charge in [-0.05, 0) is 25.7 Å². The predicted octanol–water partition coefficient (Wildman–Crippen LogP) is 1.15. The van der Waals surface area contributed by atoms with E-state index >= 15 is 0 Å². The Morgan fingerprint density at radius 2 is 2.27 bits per heavy atom. The van der Waals surface area contributed by atoms with E-state index in [0.717, 1.165) is 32.2 Å². The zero-order chi connectivity index (χ0) is 10.8. The first-order chi connectivity index (χ1) is 7.24. The van der Waals surface area contributed by atoms with Gasteiger partial charge in [0.1, 0.15) is 0 Å². The quantitative estimate of drug-likeness (QED) is 0.813. The Hall–Kier alpha value is -1.03. The third-order valence-corrected chi connectivity index (χ3v) is 3.14. The third kappa shape index (κ3) is 1.86. The maximum Gasteiger partial charge on any atom is 0.328 e. The van der Waals surface area contributed by atoms with Crippen molar-refractivity contribution in [2.75, 3.05) is 0 Å². The molecule has 1 aliphatic carbocycles. The Morgan fingerprint density at radius 1 is 1.47 bits per heavy atom. The topological polar surface area (TPSA) is 47.2 Å². The summed E-state index contributed by atoms with van der Waals surface area (Å²) in [6.07, 6.45) is 6.97.